The molecular weight excluding hydrogens is 278 g/mol. The van der Waals surface area contributed by atoms with Gasteiger partial charge in [0.1, 0.15) is 0 Å². The first-order chi connectivity index (χ1) is 10.6. The van der Waals surface area contributed by atoms with E-state index in [1.165, 1.54) is 17.4 Å². The van der Waals surface area contributed by atoms with Crippen molar-refractivity contribution in [3.63, 3.8) is 0 Å². The van der Waals surface area contributed by atoms with Crippen LogP contribution in [-0.4, -0.2) is 21.5 Å². The number of benzene rings is 1. The average Bonchev–Trinajstić information content (AvgIpc) is 3.00. The van der Waals surface area contributed by atoms with Crippen molar-refractivity contribution >= 4 is 16.8 Å². The molecule has 1 fully saturated rings. The first kappa shape index (κ1) is 14.8. The van der Waals surface area contributed by atoms with Crippen molar-refractivity contribution in [1.82, 2.24) is 14.9 Å². The predicted octanol–water partition coefficient (Wildman–Crippen LogP) is 2.15. The molecule has 1 aromatic carbocycles. The number of aromatic nitrogens is 2. The van der Waals surface area contributed by atoms with Crippen molar-refractivity contribution in [3.8, 4) is 0 Å². The summed E-state index contributed by atoms with van der Waals surface area (Å²) in [7, 11) is 0. The summed E-state index contributed by atoms with van der Waals surface area (Å²) in [5.74, 6) is 0.0168. The molecule has 1 aliphatic carbocycles. The van der Waals surface area contributed by atoms with E-state index in [1.54, 1.807) is 12.4 Å². The van der Waals surface area contributed by atoms with E-state index in [2.05, 4.69) is 10.3 Å². The summed E-state index contributed by atoms with van der Waals surface area (Å²) in [5, 5.41) is 3.65. The molecule has 22 heavy (non-hydrogen) atoms. The van der Waals surface area contributed by atoms with Crippen molar-refractivity contribution in [1.29, 1.82) is 0 Å². The van der Waals surface area contributed by atoms with Gasteiger partial charge in [0.05, 0.1) is 17.2 Å². The molecule has 2 aromatic rings. The van der Waals surface area contributed by atoms with Gasteiger partial charge in [0.2, 0.25) is 5.91 Å². The topological polar surface area (TPSA) is 64.0 Å². The quantitative estimate of drug-likeness (QED) is 0.941. The van der Waals surface area contributed by atoms with Crippen LogP contribution in [0, 0.1) is 6.92 Å². The van der Waals surface area contributed by atoms with E-state index in [0.29, 0.717) is 24.4 Å². The Labute approximate surface area is 129 Å². The number of para-hydroxylation sites is 1. The molecule has 0 atom stereocenters. The zero-order valence-corrected chi connectivity index (χ0v) is 12.8. The Kier molecular flexibility index (Phi) is 4.22. The van der Waals surface area contributed by atoms with Gasteiger partial charge in [0.25, 0.3) is 5.56 Å². The second-order valence-corrected chi connectivity index (χ2v) is 6.01. The van der Waals surface area contributed by atoms with Crippen LogP contribution >= 0.6 is 0 Å². The number of aryl methyl sites for hydroxylation is 2. The highest BCUT2D eigenvalue weighted by Crippen LogP contribution is 2.17. The summed E-state index contributed by atoms with van der Waals surface area (Å²) in [6, 6.07) is 5.90. The Bertz CT molecular complexity index is 745. The number of hydrogen-bond donors (Lipinski definition) is 1. The van der Waals surface area contributed by atoms with E-state index in [1.807, 2.05) is 19.1 Å². The lowest BCUT2D eigenvalue weighted by atomic mass is 10.1. The number of hydrogen-bond acceptors (Lipinski definition) is 3. The van der Waals surface area contributed by atoms with Crippen LogP contribution < -0.4 is 10.9 Å². The third kappa shape index (κ3) is 3.03. The Morgan fingerprint density at radius 1 is 1.36 bits per heavy atom. The minimum atomic E-state index is -0.0811. The zero-order chi connectivity index (χ0) is 15.5. The maximum absolute atomic E-state index is 12.4. The normalized spacial score (nSPS) is 15.3. The lowest BCUT2D eigenvalue weighted by molar-refractivity contribution is -0.122. The standard InChI is InChI=1S/C17H21N3O2/c1-12-5-4-8-14-16(12)18-11-20(17(14)22)10-9-15(21)19-13-6-2-3-7-13/h4-5,8,11,13H,2-3,6-7,9-10H2,1H3,(H,19,21). The summed E-state index contributed by atoms with van der Waals surface area (Å²) in [6.45, 7) is 2.31. The fraction of sp³-hybridized carbons (Fsp3) is 0.471. The summed E-state index contributed by atoms with van der Waals surface area (Å²) in [5.41, 5.74) is 1.64. The highest BCUT2D eigenvalue weighted by molar-refractivity contribution is 5.80. The average molecular weight is 299 g/mol. The van der Waals surface area contributed by atoms with Crippen LogP contribution in [0.25, 0.3) is 10.9 Å². The molecule has 5 nitrogen and oxygen atoms in total. The van der Waals surface area contributed by atoms with Crippen LogP contribution in [0.2, 0.25) is 0 Å². The maximum Gasteiger partial charge on any atom is 0.261 e. The minimum absolute atomic E-state index is 0.0168. The molecule has 0 unspecified atom stereocenters. The Morgan fingerprint density at radius 3 is 2.91 bits per heavy atom. The summed E-state index contributed by atoms with van der Waals surface area (Å²) in [4.78, 5) is 28.7. The molecule has 1 aliphatic rings. The third-order valence-electron chi connectivity index (χ3n) is 4.36. The van der Waals surface area contributed by atoms with Gasteiger partial charge in [-0.25, -0.2) is 4.98 Å². The second kappa shape index (κ2) is 6.30. The number of fused-ring (bicyclic) bond motifs is 1. The van der Waals surface area contributed by atoms with Crippen LogP contribution in [0.3, 0.4) is 0 Å². The Hall–Kier alpha value is -2.17. The smallest absolute Gasteiger partial charge is 0.261 e. The van der Waals surface area contributed by atoms with E-state index in [0.717, 1.165) is 23.9 Å². The molecule has 5 heteroatoms. The van der Waals surface area contributed by atoms with Crippen molar-refractivity contribution < 1.29 is 4.79 Å². The molecular formula is C17H21N3O2. The van der Waals surface area contributed by atoms with Crippen LogP contribution in [0.5, 0.6) is 0 Å². The van der Waals surface area contributed by atoms with Gasteiger partial charge in [-0.15, -0.1) is 0 Å². The minimum Gasteiger partial charge on any atom is -0.353 e. The fourth-order valence-corrected chi connectivity index (χ4v) is 3.09. The third-order valence-corrected chi connectivity index (χ3v) is 4.36. The SMILES string of the molecule is Cc1cccc2c(=O)n(CCC(=O)NC3CCCC3)cnc12. The molecule has 0 saturated heterocycles. The van der Waals surface area contributed by atoms with Crippen LogP contribution in [0.1, 0.15) is 37.7 Å². The molecule has 1 heterocycles. The Morgan fingerprint density at radius 2 is 2.14 bits per heavy atom. The first-order valence-electron chi connectivity index (χ1n) is 7.89. The molecule has 1 N–H and O–H groups in total. The van der Waals surface area contributed by atoms with Gasteiger partial charge in [-0.05, 0) is 31.4 Å². The lowest BCUT2D eigenvalue weighted by Crippen LogP contribution is -2.34. The highest BCUT2D eigenvalue weighted by atomic mass is 16.2. The fourth-order valence-electron chi connectivity index (χ4n) is 3.09. The van der Waals surface area contributed by atoms with Gasteiger partial charge in [0, 0.05) is 19.0 Å². The van der Waals surface area contributed by atoms with Gasteiger partial charge >= 0.3 is 0 Å². The van der Waals surface area contributed by atoms with Gasteiger partial charge in [-0.3, -0.25) is 14.2 Å². The lowest BCUT2D eigenvalue weighted by Gasteiger charge is -2.12. The summed E-state index contributed by atoms with van der Waals surface area (Å²) < 4.78 is 1.52. The molecule has 0 spiro atoms. The highest BCUT2D eigenvalue weighted by Gasteiger charge is 2.17. The first-order valence-corrected chi connectivity index (χ1v) is 7.89. The number of nitrogens with one attached hydrogen (secondary N) is 1. The molecule has 1 amide bonds. The maximum atomic E-state index is 12.4. The summed E-state index contributed by atoms with van der Waals surface area (Å²) >= 11 is 0. The number of amides is 1. The number of nitrogens with zero attached hydrogens (tertiary/aromatic N) is 2. The van der Waals surface area contributed by atoms with E-state index in [9.17, 15) is 9.59 Å². The molecule has 0 aliphatic heterocycles. The van der Waals surface area contributed by atoms with Crippen LogP contribution in [-0.2, 0) is 11.3 Å². The van der Waals surface area contributed by atoms with Gasteiger partial charge in [-0.2, -0.15) is 0 Å². The van der Waals surface area contributed by atoms with Gasteiger partial charge in [-0.1, -0.05) is 25.0 Å². The number of rotatable bonds is 4. The largest absolute Gasteiger partial charge is 0.353 e. The van der Waals surface area contributed by atoms with Crippen LogP contribution in [0.4, 0.5) is 0 Å². The van der Waals surface area contributed by atoms with Crippen LogP contribution in [0.15, 0.2) is 29.3 Å². The van der Waals surface area contributed by atoms with E-state index in [4.69, 9.17) is 0 Å². The molecule has 3 rings (SSSR count). The van der Waals surface area contributed by atoms with E-state index in [-0.39, 0.29) is 11.5 Å². The van der Waals surface area contributed by atoms with Gasteiger partial charge < -0.3 is 5.32 Å². The zero-order valence-electron chi connectivity index (χ0n) is 12.8. The second-order valence-electron chi connectivity index (χ2n) is 6.01. The molecule has 1 aromatic heterocycles. The Balaban J connectivity index is 1.70. The van der Waals surface area contributed by atoms with Crippen molar-refractivity contribution in [2.45, 2.75) is 51.6 Å². The number of carbonyl (C=O) groups excluding carboxylic acids is 1. The van der Waals surface area contributed by atoms with Crippen molar-refractivity contribution in [2.24, 2.45) is 0 Å². The molecule has 116 valence electrons. The molecule has 1 saturated carbocycles. The summed E-state index contributed by atoms with van der Waals surface area (Å²) in [6.07, 6.45) is 6.39. The van der Waals surface area contributed by atoms with Crippen molar-refractivity contribution in [3.05, 3.63) is 40.4 Å². The van der Waals surface area contributed by atoms with Crippen molar-refractivity contribution in [2.75, 3.05) is 0 Å². The predicted molar refractivity (Wildman–Crippen MR) is 85.8 cm³/mol. The van der Waals surface area contributed by atoms with E-state index >= 15 is 0 Å². The molecule has 0 radical (unpaired) electrons. The van der Waals surface area contributed by atoms with Gasteiger partial charge in [0.15, 0.2) is 0 Å². The monoisotopic (exact) mass is 299 g/mol. The number of carbonyl (C=O) groups is 1. The molecule has 0 bridgehead atoms. The van der Waals surface area contributed by atoms with E-state index < -0.39 is 0 Å².